The molecule has 0 unspecified atom stereocenters. The molecule has 3 aromatic rings. The van der Waals surface area contributed by atoms with Crippen LogP contribution < -0.4 is 5.56 Å². The van der Waals surface area contributed by atoms with Crippen molar-refractivity contribution in [2.24, 2.45) is 0 Å². The normalized spacial score (nSPS) is 11.2. The second-order valence-corrected chi connectivity index (χ2v) is 6.74. The van der Waals surface area contributed by atoms with E-state index in [2.05, 4.69) is 10.1 Å². The monoisotopic (exact) mass is 335 g/mol. The summed E-state index contributed by atoms with van der Waals surface area (Å²) in [6, 6.07) is 8.22. The van der Waals surface area contributed by atoms with Gasteiger partial charge in [0.25, 0.3) is 5.56 Å². The van der Waals surface area contributed by atoms with Gasteiger partial charge in [0.1, 0.15) is 10.8 Å². The Morgan fingerprint density at radius 1 is 1.32 bits per heavy atom. The molecule has 4 nitrogen and oxygen atoms in total. The number of aryl methyl sites for hydroxylation is 1. The molecule has 0 aliphatic rings. The van der Waals surface area contributed by atoms with E-state index in [1.165, 1.54) is 39.7 Å². The maximum absolute atomic E-state index is 13.5. The molecular formula is C15H14FN3OS2. The molecule has 22 heavy (non-hydrogen) atoms. The predicted octanol–water partition coefficient (Wildman–Crippen LogP) is 3.29. The smallest absolute Gasteiger partial charge is 0.267 e. The molecule has 0 atom stereocenters. The van der Waals surface area contributed by atoms with Crippen LogP contribution in [0.2, 0.25) is 0 Å². The number of fused-ring (bicyclic) bond motifs is 1. The van der Waals surface area contributed by atoms with Crippen molar-refractivity contribution in [1.82, 2.24) is 14.6 Å². The van der Waals surface area contributed by atoms with Crippen molar-refractivity contribution in [3.63, 3.8) is 0 Å². The lowest BCUT2D eigenvalue weighted by atomic mass is 10.2. The first-order valence-electron chi connectivity index (χ1n) is 6.87. The fourth-order valence-electron chi connectivity index (χ4n) is 1.99. The molecular weight excluding hydrogens is 321 g/mol. The highest BCUT2D eigenvalue weighted by atomic mass is 32.2. The number of rotatable bonds is 5. The van der Waals surface area contributed by atoms with Gasteiger partial charge in [-0.05, 0) is 18.1 Å². The van der Waals surface area contributed by atoms with Crippen LogP contribution in [-0.2, 0) is 17.9 Å². The Morgan fingerprint density at radius 2 is 2.14 bits per heavy atom. The SMILES string of the molecule is CCc1nn2c(=O)cc(CSCc3ccccc3F)nc2s1. The van der Waals surface area contributed by atoms with E-state index in [1.54, 1.807) is 12.1 Å². The van der Waals surface area contributed by atoms with Crippen molar-refractivity contribution < 1.29 is 4.39 Å². The predicted molar refractivity (Wildman–Crippen MR) is 87.9 cm³/mol. The van der Waals surface area contributed by atoms with Crippen molar-refractivity contribution in [3.8, 4) is 0 Å². The number of halogens is 1. The van der Waals surface area contributed by atoms with Crippen LogP contribution in [0.5, 0.6) is 0 Å². The van der Waals surface area contributed by atoms with Gasteiger partial charge in [-0.15, -0.1) is 0 Å². The van der Waals surface area contributed by atoms with Gasteiger partial charge >= 0.3 is 0 Å². The zero-order chi connectivity index (χ0) is 15.5. The molecule has 0 aliphatic heterocycles. The highest BCUT2D eigenvalue weighted by Gasteiger charge is 2.08. The molecule has 0 saturated carbocycles. The lowest BCUT2D eigenvalue weighted by Gasteiger charge is -2.03. The molecule has 2 aromatic heterocycles. The topological polar surface area (TPSA) is 47.3 Å². The Balaban J connectivity index is 1.74. The molecule has 0 aliphatic carbocycles. The number of benzene rings is 1. The Labute approximate surface area is 135 Å². The molecule has 0 amide bonds. The van der Waals surface area contributed by atoms with Crippen LogP contribution in [0.1, 0.15) is 23.2 Å². The second kappa shape index (κ2) is 6.58. The second-order valence-electron chi connectivity index (χ2n) is 4.71. The number of hydrogen-bond donors (Lipinski definition) is 0. The highest BCUT2D eigenvalue weighted by molar-refractivity contribution is 7.97. The summed E-state index contributed by atoms with van der Waals surface area (Å²) in [5.74, 6) is 0.921. The zero-order valence-corrected chi connectivity index (χ0v) is 13.6. The van der Waals surface area contributed by atoms with Crippen molar-refractivity contribution in [2.75, 3.05) is 0 Å². The molecule has 3 rings (SSSR count). The first-order valence-corrected chi connectivity index (χ1v) is 8.84. The van der Waals surface area contributed by atoms with Gasteiger partial charge in [0.2, 0.25) is 4.96 Å². The van der Waals surface area contributed by atoms with Gasteiger partial charge in [0.05, 0.1) is 5.69 Å². The molecule has 0 fully saturated rings. The maximum Gasteiger partial charge on any atom is 0.275 e. The summed E-state index contributed by atoms with van der Waals surface area (Å²) in [6.07, 6.45) is 0.783. The Hall–Kier alpha value is -1.73. The molecule has 0 bridgehead atoms. The van der Waals surface area contributed by atoms with Gasteiger partial charge in [-0.25, -0.2) is 9.37 Å². The van der Waals surface area contributed by atoms with Crippen molar-refractivity contribution in [3.05, 3.63) is 62.8 Å². The van der Waals surface area contributed by atoms with Gasteiger partial charge in [-0.2, -0.15) is 21.4 Å². The van der Waals surface area contributed by atoms with Gasteiger partial charge in [-0.1, -0.05) is 36.5 Å². The fourth-order valence-corrected chi connectivity index (χ4v) is 3.76. The minimum atomic E-state index is -0.200. The summed E-state index contributed by atoms with van der Waals surface area (Å²) in [7, 11) is 0. The summed E-state index contributed by atoms with van der Waals surface area (Å²) in [4.78, 5) is 17.1. The minimum Gasteiger partial charge on any atom is -0.267 e. The quantitative estimate of drug-likeness (QED) is 0.718. The van der Waals surface area contributed by atoms with E-state index in [0.717, 1.165) is 11.4 Å². The first-order chi connectivity index (χ1) is 10.7. The van der Waals surface area contributed by atoms with E-state index in [1.807, 2.05) is 13.0 Å². The largest absolute Gasteiger partial charge is 0.275 e. The molecule has 0 spiro atoms. The Morgan fingerprint density at radius 3 is 2.91 bits per heavy atom. The van der Waals surface area contributed by atoms with Crippen molar-refractivity contribution >= 4 is 28.1 Å². The Bertz CT molecular complexity index is 859. The van der Waals surface area contributed by atoms with E-state index in [4.69, 9.17) is 0 Å². The standard InChI is InChI=1S/C15H14FN3OS2/c1-2-13-18-19-14(20)7-11(17-15(19)22-13)9-21-8-10-5-3-4-6-12(10)16/h3-7H,2,8-9H2,1H3. The average Bonchev–Trinajstić information content (AvgIpc) is 2.93. The van der Waals surface area contributed by atoms with Crippen LogP contribution in [0.25, 0.3) is 4.96 Å². The van der Waals surface area contributed by atoms with Crippen molar-refractivity contribution in [2.45, 2.75) is 24.9 Å². The third-order valence-electron chi connectivity index (χ3n) is 3.11. The molecule has 7 heteroatoms. The van der Waals surface area contributed by atoms with E-state index < -0.39 is 0 Å². The Kier molecular flexibility index (Phi) is 4.54. The van der Waals surface area contributed by atoms with Gasteiger partial charge in [0, 0.05) is 17.6 Å². The molecule has 2 heterocycles. The summed E-state index contributed by atoms with van der Waals surface area (Å²) in [5.41, 5.74) is 1.21. The lowest BCUT2D eigenvalue weighted by molar-refractivity contribution is 0.617. The summed E-state index contributed by atoms with van der Waals surface area (Å²) in [6.45, 7) is 1.99. The maximum atomic E-state index is 13.5. The lowest BCUT2D eigenvalue weighted by Crippen LogP contribution is -2.15. The van der Waals surface area contributed by atoms with Crippen LogP contribution in [0.4, 0.5) is 4.39 Å². The number of hydrogen-bond acceptors (Lipinski definition) is 5. The van der Waals surface area contributed by atoms with Crippen LogP contribution in [0.15, 0.2) is 35.1 Å². The van der Waals surface area contributed by atoms with Crippen LogP contribution >= 0.6 is 23.1 Å². The van der Waals surface area contributed by atoms with Gasteiger partial charge in [-0.3, -0.25) is 4.79 Å². The molecule has 1 aromatic carbocycles. The third kappa shape index (κ3) is 3.20. The average molecular weight is 335 g/mol. The fraction of sp³-hybridized carbons (Fsp3) is 0.267. The molecule has 0 radical (unpaired) electrons. The van der Waals surface area contributed by atoms with E-state index in [0.29, 0.717) is 27.7 Å². The number of thioether (sulfide) groups is 1. The van der Waals surface area contributed by atoms with E-state index in [-0.39, 0.29) is 11.4 Å². The van der Waals surface area contributed by atoms with Crippen LogP contribution in [0, 0.1) is 5.82 Å². The van der Waals surface area contributed by atoms with Gasteiger partial charge in [0.15, 0.2) is 0 Å². The van der Waals surface area contributed by atoms with Crippen molar-refractivity contribution in [1.29, 1.82) is 0 Å². The summed E-state index contributed by atoms with van der Waals surface area (Å²) in [5, 5.41) is 5.10. The minimum absolute atomic E-state index is 0.164. The summed E-state index contributed by atoms with van der Waals surface area (Å²) >= 11 is 2.97. The molecule has 0 N–H and O–H groups in total. The summed E-state index contributed by atoms with van der Waals surface area (Å²) < 4.78 is 14.9. The van der Waals surface area contributed by atoms with Crippen LogP contribution in [-0.4, -0.2) is 14.6 Å². The number of aromatic nitrogens is 3. The molecule has 114 valence electrons. The van der Waals surface area contributed by atoms with Gasteiger partial charge < -0.3 is 0 Å². The number of nitrogens with zero attached hydrogens (tertiary/aromatic N) is 3. The van der Waals surface area contributed by atoms with E-state index >= 15 is 0 Å². The highest BCUT2D eigenvalue weighted by Crippen LogP contribution is 2.19. The first kappa shape index (κ1) is 15.2. The molecule has 0 saturated heterocycles. The third-order valence-corrected chi connectivity index (χ3v) is 5.18. The zero-order valence-electron chi connectivity index (χ0n) is 12.0. The van der Waals surface area contributed by atoms with E-state index in [9.17, 15) is 9.18 Å². The van der Waals surface area contributed by atoms with Crippen LogP contribution in [0.3, 0.4) is 0 Å².